The lowest BCUT2D eigenvalue weighted by atomic mass is 9.83. The van der Waals surface area contributed by atoms with E-state index in [1.54, 1.807) is 20.8 Å². The molecule has 1 fully saturated rings. The molecule has 1 saturated heterocycles. The van der Waals surface area contributed by atoms with Gasteiger partial charge < -0.3 is 23.6 Å². The van der Waals surface area contributed by atoms with E-state index in [2.05, 4.69) is 73.0 Å². The van der Waals surface area contributed by atoms with Gasteiger partial charge in [0.25, 0.3) is 28.2 Å². The summed E-state index contributed by atoms with van der Waals surface area (Å²) in [4.78, 5) is 57.4. The van der Waals surface area contributed by atoms with E-state index in [4.69, 9.17) is 23.3 Å². The number of amides is 2. The molecule has 16 heteroatoms. The monoisotopic (exact) mass is 836 g/mol. The first kappa shape index (κ1) is 43.6. The van der Waals surface area contributed by atoms with Crippen molar-refractivity contribution in [1.82, 2.24) is 15.2 Å². The largest absolute Gasteiger partial charge is 0.541 e. The van der Waals surface area contributed by atoms with E-state index in [-0.39, 0.29) is 28.1 Å². The van der Waals surface area contributed by atoms with Gasteiger partial charge in [0.2, 0.25) is 0 Å². The maximum absolute atomic E-state index is 14.0. The van der Waals surface area contributed by atoms with Crippen LogP contribution in [0.5, 0.6) is 11.5 Å². The van der Waals surface area contributed by atoms with E-state index < -0.39 is 57.2 Å². The van der Waals surface area contributed by atoms with Gasteiger partial charge in [-0.3, -0.25) is 19.8 Å². The molecule has 0 spiro atoms. The highest BCUT2D eigenvalue weighted by atomic mass is 32.1. The lowest BCUT2D eigenvalue weighted by Crippen LogP contribution is -2.71. The van der Waals surface area contributed by atoms with Crippen molar-refractivity contribution < 1.29 is 37.6 Å². The van der Waals surface area contributed by atoms with Crippen LogP contribution in [-0.2, 0) is 25.7 Å². The van der Waals surface area contributed by atoms with Crippen LogP contribution >= 0.6 is 11.3 Å². The molecule has 2 aromatic carbocycles. The first-order valence-electron chi connectivity index (χ1n) is 19.1. The quantitative estimate of drug-likeness (QED) is 0.0648. The van der Waals surface area contributed by atoms with Crippen molar-refractivity contribution in [3.63, 3.8) is 0 Å². The predicted molar refractivity (Wildman–Crippen MR) is 226 cm³/mol. The molecule has 308 valence electrons. The first-order chi connectivity index (χ1) is 26.2. The van der Waals surface area contributed by atoms with Crippen LogP contribution in [0, 0.1) is 10.1 Å². The Labute approximate surface area is 341 Å². The van der Waals surface area contributed by atoms with Crippen LogP contribution in [0.15, 0.2) is 53.5 Å². The number of alkyl carbamates (subject to hydrolysis) is 1. The second-order valence-electron chi connectivity index (χ2n) is 18.7. The van der Waals surface area contributed by atoms with Crippen LogP contribution < -0.4 is 14.2 Å². The summed E-state index contributed by atoms with van der Waals surface area (Å²) in [5.41, 5.74) is 1.63. The molecule has 1 N–H and O–H groups in total. The second-order valence-corrected chi connectivity index (χ2v) is 29.0. The maximum Gasteiger partial charge on any atom is 0.408 e. The molecule has 0 radical (unpaired) electrons. The van der Waals surface area contributed by atoms with Gasteiger partial charge in [-0.25, -0.2) is 14.6 Å². The summed E-state index contributed by atoms with van der Waals surface area (Å²) >= 11 is 1.41. The lowest BCUT2D eigenvalue weighted by Gasteiger charge is -2.50. The molecule has 3 aromatic rings. The SMILES string of the molecule is CC(C)(C)OC(=O)N[C@@H]1C(=O)N2C(C(=O)OCc3ccc([N+](=O)[O-])cc3)=C(c3csc(-c4ccc(O[Si](C)(C)C(C)(C)C)c(O[Si](C)(C)C(C)(C)C)c4)n3)CC[C@H]12. The summed E-state index contributed by atoms with van der Waals surface area (Å²) in [6, 6.07) is 10.2. The van der Waals surface area contributed by atoms with E-state index >= 15 is 0 Å². The van der Waals surface area contributed by atoms with Crippen LogP contribution in [0.4, 0.5) is 10.5 Å². The Hall–Kier alpha value is -4.55. The van der Waals surface area contributed by atoms with Crippen molar-refractivity contribution in [2.24, 2.45) is 0 Å². The number of hydrogen-bond donors (Lipinski definition) is 1. The third-order valence-corrected chi connectivity index (χ3v) is 20.7. The van der Waals surface area contributed by atoms with E-state index in [1.807, 2.05) is 23.6 Å². The van der Waals surface area contributed by atoms with Gasteiger partial charge in [0, 0.05) is 28.6 Å². The number of allylic oxidation sites excluding steroid dienone is 1. The number of fused-ring (bicyclic) bond motifs is 1. The number of thiazole rings is 1. The number of esters is 1. The standard InChI is InChI=1S/C41H56N4O9SSi2/c1-39(2,3)52-38(48)43-33-30-20-19-28(34(44(30)36(33)46)37(47)51-23-25-14-17-27(18-15-25)45(49)50)29-24-55-35(42-29)26-16-21-31(53-56(10,11)40(4,5)6)32(22-26)54-57(12,13)41(7,8)9/h14-18,21-22,24,30,33H,19-20,23H2,1-13H3,(H,43,48)/t30-,33+/m1/s1. The molecule has 0 aliphatic carbocycles. The predicted octanol–water partition coefficient (Wildman–Crippen LogP) is 9.84. The molecule has 0 bridgehead atoms. The van der Waals surface area contributed by atoms with Crippen molar-refractivity contribution in [2.75, 3.05) is 0 Å². The summed E-state index contributed by atoms with van der Waals surface area (Å²) in [6.45, 7) is 27.0. The van der Waals surface area contributed by atoms with Gasteiger partial charge in [0.1, 0.15) is 40.5 Å². The highest BCUT2D eigenvalue weighted by Gasteiger charge is 2.54. The zero-order valence-electron chi connectivity index (χ0n) is 35.3. The number of ether oxygens (including phenoxy) is 2. The molecule has 2 amide bonds. The van der Waals surface area contributed by atoms with Crippen LogP contribution in [0.1, 0.15) is 86.4 Å². The van der Waals surface area contributed by atoms with Gasteiger partial charge in [0.15, 0.2) is 0 Å². The van der Waals surface area contributed by atoms with Crippen molar-refractivity contribution in [3.05, 3.63) is 74.9 Å². The average Bonchev–Trinajstić information content (AvgIpc) is 3.58. The molecular weight excluding hydrogens is 781 g/mol. The Balaban J connectivity index is 1.51. The van der Waals surface area contributed by atoms with E-state index in [0.29, 0.717) is 46.2 Å². The number of rotatable bonds is 11. The number of non-ortho nitro benzene ring substituents is 1. The van der Waals surface area contributed by atoms with Crippen molar-refractivity contribution >= 4 is 57.2 Å². The summed E-state index contributed by atoms with van der Waals surface area (Å²) in [6.07, 6.45) is 0.113. The van der Waals surface area contributed by atoms with Gasteiger partial charge in [-0.15, -0.1) is 11.3 Å². The molecule has 5 rings (SSSR count). The first-order valence-corrected chi connectivity index (χ1v) is 25.8. The molecule has 57 heavy (non-hydrogen) atoms. The number of β-lactam (4-membered cyclic amide) rings is 1. The van der Waals surface area contributed by atoms with Crippen molar-refractivity contribution in [1.29, 1.82) is 0 Å². The number of nitrogens with one attached hydrogen (secondary N) is 1. The summed E-state index contributed by atoms with van der Waals surface area (Å²) < 4.78 is 24.9. The molecule has 2 aliphatic heterocycles. The van der Waals surface area contributed by atoms with E-state index in [1.165, 1.54) is 40.5 Å². The fraction of sp³-hybridized carbons (Fsp3) is 0.512. The molecule has 0 saturated carbocycles. The normalized spacial score (nSPS) is 17.7. The minimum atomic E-state index is -2.29. The number of nitro benzene ring substituents is 1. The van der Waals surface area contributed by atoms with Gasteiger partial charge in [-0.2, -0.15) is 0 Å². The third-order valence-electron chi connectivity index (χ3n) is 11.2. The molecule has 13 nitrogen and oxygen atoms in total. The van der Waals surface area contributed by atoms with Crippen LogP contribution in [0.3, 0.4) is 0 Å². The molecule has 2 atom stereocenters. The number of carbonyl (C=O) groups is 3. The van der Waals surface area contributed by atoms with Crippen LogP contribution in [0.2, 0.25) is 36.3 Å². The van der Waals surface area contributed by atoms with E-state index in [0.717, 1.165) is 5.56 Å². The molecule has 0 unspecified atom stereocenters. The Morgan fingerprint density at radius 2 is 1.53 bits per heavy atom. The number of benzene rings is 2. The highest BCUT2D eigenvalue weighted by Crippen LogP contribution is 2.46. The number of nitrogens with zero attached hydrogens (tertiary/aromatic N) is 3. The van der Waals surface area contributed by atoms with Gasteiger partial charge in [0.05, 0.1) is 16.7 Å². The minimum absolute atomic E-state index is 0.0266. The second kappa shape index (κ2) is 15.7. The lowest BCUT2D eigenvalue weighted by molar-refractivity contribution is -0.384. The van der Waals surface area contributed by atoms with Gasteiger partial charge in [-0.1, -0.05) is 41.5 Å². The summed E-state index contributed by atoms with van der Waals surface area (Å²) in [7, 11) is -4.51. The smallest absolute Gasteiger partial charge is 0.408 e. The number of nitro groups is 1. The van der Waals surface area contributed by atoms with E-state index in [9.17, 15) is 24.5 Å². The maximum atomic E-state index is 14.0. The Bertz CT molecular complexity index is 2080. The number of aromatic nitrogens is 1. The Morgan fingerprint density at radius 3 is 2.09 bits per heavy atom. The minimum Gasteiger partial charge on any atom is -0.541 e. The zero-order chi connectivity index (χ0) is 42.5. The Morgan fingerprint density at radius 1 is 0.930 bits per heavy atom. The van der Waals surface area contributed by atoms with Crippen LogP contribution in [-0.4, -0.2) is 67.1 Å². The molecule has 2 aliphatic rings. The molecule has 3 heterocycles. The Kier molecular flexibility index (Phi) is 12.0. The highest BCUT2D eigenvalue weighted by molar-refractivity contribution is 7.13. The number of hydrogen-bond acceptors (Lipinski definition) is 11. The fourth-order valence-corrected chi connectivity index (χ4v) is 8.75. The summed E-state index contributed by atoms with van der Waals surface area (Å²) in [5.74, 6) is 0.164. The number of carbonyl (C=O) groups excluding carboxylic acids is 3. The average molecular weight is 837 g/mol. The fourth-order valence-electron chi connectivity index (χ4n) is 5.87. The topological polar surface area (TPSA) is 159 Å². The molecular formula is C41H56N4O9SSi2. The van der Waals surface area contributed by atoms with Gasteiger partial charge in [-0.05, 0) is 106 Å². The van der Waals surface area contributed by atoms with Crippen LogP contribution in [0.25, 0.3) is 16.1 Å². The van der Waals surface area contributed by atoms with Crippen molar-refractivity contribution in [2.45, 2.75) is 136 Å². The molecule has 1 aromatic heterocycles. The zero-order valence-corrected chi connectivity index (χ0v) is 38.1. The summed E-state index contributed by atoms with van der Waals surface area (Å²) in [5, 5.41) is 16.3. The van der Waals surface area contributed by atoms with Crippen molar-refractivity contribution in [3.8, 4) is 22.1 Å². The third kappa shape index (κ3) is 9.61. The van der Waals surface area contributed by atoms with Gasteiger partial charge >= 0.3 is 12.1 Å².